The number of carbonyl (C=O) groups is 2. The van der Waals surface area contributed by atoms with Gasteiger partial charge in [0.1, 0.15) is 11.2 Å². The molecule has 1 aliphatic carbocycles. The van der Waals surface area contributed by atoms with Gasteiger partial charge in [-0.2, -0.15) is 0 Å². The standard InChI is InChI=1S/C21H23ClN2O3/c1-14-12-16(22)6-7-18(14)24-20(26)21(9-10-21)19(25)23-11-8-15-4-3-5-17(13-15)27-2/h3-7,12-13H,8-11H2,1-2H3,(H,23,25)(H,24,26). The molecule has 0 saturated heterocycles. The van der Waals surface area contributed by atoms with Crippen molar-refractivity contribution < 1.29 is 14.3 Å². The van der Waals surface area contributed by atoms with Crippen LogP contribution >= 0.6 is 11.6 Å². The third kappa shape index (κ3) is 4.42. The number of hydrogen-bond donors (Lipinski definition) is 2. The van der Waals surface area contributed by atoms with Crippen LogP contribution in [0.15, 0.2) is 42.5 Å². The summed E-state index contributed by atoms with van der Waals surface area (Å²) in [4.78, 5) is 25.3. The van der Waals surface area contributed by atoms with Crippen molar-refractivity contribution in [2.75, 3.05) is 19.0 Å². The van der Waals surface area contributed by atoms with E-state index in [1.807, 2.05) is 31.2 Å². The van der Waals surface area contributed by atoms with Crippen LogP contribution < -0.4 is 15.4 Å². The molecule has 2 N–H and O–H groups in total. The zero-order chi connectivity index (χ0) is 19.4. The van der Waals surface area contributed by atoms with Crippen LogP contribution in [0.3, 0.4) is 0 Å². The van der Waals surface area contributed by atoms with Gasteiger partial charge in [0, 0.05) is 17.3 Å². The van der Waals surface area contributed by atoms with Crippen molar-refractivity contribution >= 4 is 29.1 Å². The highest BCUT2D eigenvalue weighted by Gasteiger charge is 2.56. The molecule has 1 aliphatic rings. The zero-order valence-electron chi connectivity index (χ0n) is 15.5. The van der Waals surface area contributed by atoms with E-state index in [1.165, 1.54) is 0 Å². The lowest BCUT2D eigenvalue weighted by Gasteiger charge is -2.16. The van der Waals surface area contributed by atoms with E-state index in [4.69, 9.17) is 16.3 Å². The molecule has 0 spiro atoms. The number of halogens is 1. The average molecular weight is 387 g/mol. The summed E-state index contributed by atoms with van der Waals surface area (Å²) in [6, 6.07) is 13.0. The Labute approximate surface area is 164 Å². The molecule has 1 fully saturated rings. The Kier molecular flexibility index (Phi) is 5.71. The Balaban J connectivity index is 1.56. The van der Waals surface area contributed by atoms with Crippen LogP contribution in [-0.2, 0) is 16.0 Å². The predicted octanol–water partition coefficient (Wildman–Crippen LogP) is 3.73. The maximum Gasteiger partial charge on any atom is 0.240 e. The first-order valence-electron chi connectivity index (χ1n) is 8.93. The highest BCUT2D eigenvalue weighted by molar-refractivity contribution is 6.30. The second kappa shape index (κ2) is 8.01. The van der Waals surface area contributed by atoms with Gasteiger partial charge in [-0.3, -0.25) is 9.59 Å². The number of nitrogens with one attached hydrogen (secondary N) is 2. The predicted molar refractivity (Wildman–Crippen MR) is 106 cm³/mol. The maximum atomic E-state index is 12.7. The van der Waals surface area contributed by atoms with Crippen molar-refractivity contribution in [2.45, 2.75) is 26.2 Å². The molecule has 0 bridgehead atoms. The van der Waals surface area contributed by atoms with Gasteiger partial charge in [-0.05, 0) is 67.6 Å². The van der Waals surface area contributed by atoms with E-state index in [0.29, 0.717) is 36.5 Å². The first-order chi connectivity index (χ1) is 12.9. The van der Waals surface area contributed by atoms with E-state index in [-0.39, 0.29) is 11.8 Å². The fraction of sp³-hybridized carbons (Fsp3) is 0.333. The van der Waals surface area contributed by atoms with Crippen molar-refractivity contribution in [3.8, 4) is 5.75 Å². The van der Waals surface area contributed by atoms with Crippen LogP contribution in [0, 0.1) is 12.3 Å². The summed E-state index contributed by atoms with van der Waals surface area (Å²) < 4.78 is 5.20. The molecule has 142 valence electrons. The number of aryl methyl sites for hydroxylation is 1. The fourth-order valence-electron chi connectivity index (χ4n) is 3.01. The lowest BCUT2D eigenvalue weighted by molar-refractivity contribution is -0.134. The van der Waals surface area contributed by atoms with Crippen LogP contribution in [0.4, 0.5) is 5.69 Å². The van der Waals surface area contributed by atoms with Gasteiger partial charge < -0.3 is 15.4 Å². The molecular weight excluding hydrogens is 364 g/mol. The molecule has 0 aromatic heterocycles. The number of rotatable bonds is 7. The Morgan fingerprint density at radius 3 is 2.59 bits per heavy atom. The highest BCUT2D eigenvalue weighted by atomic mass is 35.5. The van der Waals surface area contributed by atoms with Gasteiger partial charge in [0.15, 0.2) is 0 Å². The van der Waals surface area contributed by atoms with E-state index < -0.39 is 5.41 Å². The van der Waals surface area contributed by atoms with Crippen molar-refractivity contribution in [1.82, 2.24) is 5.32 Å². The molecule has 5 nitrogen and oxygen atoms in total. The maximum absolute atomic E-state index is 12.7. The molecular formula is C21H23ClN2O3. The Morgan fingerprint density at radius 2 is 1.93 bits per heavy atom. The Morgan fingerprint density at radius 1 is 1.15 bits per heavy atom. The lowest BCUT2D eigenvalue weighted by atomic mass is 10.0. The molecule has 6 heteroatoms. The van der Waals surface area contributed by atoms with Crippen LogP contribution in [-0.4, -0.2) is 25.5 Å². The molecule has 1 saturated carbocycles. The van der Waals surface area contributed by atoms with Crippen LogP contribution in [0.2, 0.25) is 5.02 Å². The molecule has 3 rings (SSSR count). The van der Waals surface area contributed by atoms with E-state index in [2.05, 4.69) is 10.6 Å². The molecule has 27 heavy (non-hydrogen) atoms. The summed E-state index contributed by atoms with van der Waals surface area (Å²) in [5.74, 6) is 0.316. The average Bonchev–Trinajstić information content (AvgIpc) is 3.46. The van der Waals surface area contributed by atoms with E-state index >= 15 is 0 Å². The van der Waals surface area contributed by atoms with Gasteiger partial charge in [0.2, 0.25) is 11.8 Å². The fourth-order valence-corrected chi connectivity index (χ4v) is 3.24. The molecule has 0 unspecified atom stereocenters. The Bertz CT molecular complexity index is 862. The van der Waals surface area contributed by atoms with E-state index in [0.717, 1.165) is 16.9 Å². The number of hydrogen-bond acceptors (Lipinski definition) is 3. The Hall–Kier alpha value is -2.53. The van der Waals surface area contributed by atoms with Gasteiger partial charge in [-0.15, -0.1) is 0 Å². The van der Waals surface area contributed by atoms with Crippen LogP contribution in [0.5, 0.6) is 5.75 Å². The lowest BCUT2D eigenvalue weighted by Crippen LogP contribution is -2.40. The molecule has 2 aromatic carbocycles. The van der Waals surface area contributed by atoms with Gasteiger partial charge >= 0.3 is 0 Å². The highest BCUT2D eigenvalue weighted by Crippen LogP contribution is 2.47. The first-order valence-corrected chi connectivity index (χ1v) is 9.31. The van der Waals surface area contributed by atoms with E-state index in [9.17, 15) is 9.59 Å². The minimum atomic E-state index is -0.958. The third-order valence-corrected chi connectivity index (χ3v) is 5.12. The second-order valence-electron chi connectivity index (χ2n) is 6.85. The van der Waals surface area contributed by atoms with Crippen molar-refractivity contribution in [3.63, 3.8) is 0 Å². The molecule has 0 heterocycles. The zero-order valence-corrected chi connectivity index (χ0v) is 16.2. The summed E-state index contributed by atoms with van der Waals surface area (Å²) in [6.45, 7) is 2.34. The summed E-state index contributed by atoms with van der Waals surface area (Å²) in [6.07, 6.45) is 1.81. The van der Waals surface area contributed by atoms with Crippen molar-refractivity contribution in [3.05, 3.63) is 58.6 Å². The first kappa shape index (κ1) is 19.2. The smallest absolute Gasteiger partial charge is 0.240 e. The molecule has 0 atom stereocenters. The number of methoxy groups -OCH3 is 1. The molecule has 0 aliphatic heterocycles. The van der Waals surface area contributed by atoms with E-state index in [1.54, 1.807) is 25.3 Å². The summed E-state index contributed by atoms with van der Waals surface area (Å²) in [5, 5.41) is 6.38. The van der Waals surface area contributed by atoms with Crippen LogP contribution in [0.1, 0.15) is 24.0 Å². The number of ether oxygens (including phenoxy) is 1. The second-order valence-corrected chi connectivity index (χ2v) is 7.29. The number of anilines is 1. The topological polar surface area (TPSA) is 67.4 Å². The quantitative estimate of drug-likeness (QED) is 0.712. The SMILES string of the molecule is COc1cccc(CCNC(=O)C2(C(=O)Nc3ccc(Cl)cc3C)CC2)c1. The number of carbonyl (C=O) groups excluding carboxylic acids is 2. The summed E-state index contributed by atoms with van der Waals surface area (Å²) >= 11 is 5.95. The number of benzene rings is 2. The van der Waals surface area contributed by atoms with Gasteiger partial charge in [-0.1, -0.05) is 23.7 Å². The molecule has 2 amide bonds. The number of amides is 2. The van der Waals surface area contributed by atoms with Gasteiger partial charge in [0.05, 0.1) is 7.11 Å². The minimum Gasteiger partial charge on any atom is -0.497 e. The summed E-state index contributed by atoms with van der Waals surface area (Å²) in [5.41, 5.74) is 1.66. The van der Waals surface area contributed by atoms with Crippen molar-refractivity contribution in [2.24, 2.45) is 5.41 Å². The monoisotopic (exact) mass is 386 g/mol. The minimum absolute atomic E-state index is 0.213. The van der Waals surface area contributed by atoms with Crippen molar-refractivity contribution in [1.29, 1.82) is 0 Å². The van der Waals surface area contributed by atoms with Gasteiger partial charge in [0.25, 0.3) is 0 Å². The van der Waals surface area contributed by atoms with Crippen LogP contribution in [0.25, 0.3) is 0 Å². The normalized spacial score (nSPS) is 14.3. The largest absolute Gasteiger partial charge is 0.497 e. The molecule has 2 aromatic rings. The van der Waals surface area contributed by atoms with Gasteiger partial charge in [-0.25, -0.2) is 0 Å². The molecule has 0 radical (unpaired) electrons. The third-order valence-electron chi connectivity index (χ3n) is 4.89. The summed E-state index contributed by atoms with van der Waals surface area (Å²) in [7, 11) is 1.62.